The monoisotopic (exact) mass is 281 g/mol. The molecule has 0 bridgehead atoms. The normalized spacial score (nSPS) is 12.8. The Balaban J connectivity index is 2.59. The van der Waals surface area contributed by atoms with Crippen LogP contribution in [0.15, 0.2) is 18.2 Å². The average Bonchev–Trinajstić information content (AvgIpc) is 2.39. The molecule has 2 N–H and O–H groups in total. The van der Waals surface area contributed by atoms with Gasteiger partial charge in [0.1, 0.15) is 0 Å². The van der Waals surface area contributed by atoms with Crippen LogP contribution in [-0.2, 0) is 6.54 Å². The van der Waals surface area contributed by atoms with Crippen molar-refractivity contribution < 1.29 is 14.6 Å². The zero-order valence-corrected chi connectivity index (χ0v) is 13.1. The van der Waals surface area contributed by atoms with Crippen molar-refractivity contribution in [3.05, 3.63) is 23.8 Å². The molecule has 0 saturated heterocycles. The second-order valence-corrected chi connectivity index (χ2v) is 5.59. The van der Waals surface area contributed by atoms with Crippen LogP contribution in [0.3, 0.4) is 0 Å². The van der Waals surface area contributed by atoms with Gasteiger partial charge in [0.2, 0.25) is 0 Å². The molecular formula is C16H27NO3. The van der Waals surface area contributed by atoms with E-state index in [0.717, 1.165) is 17.1 Å². The highest BCUT2D eigenvalue weighted by atomic mass is 16.5. The number of hydrogen-bond acceptors (Lipinski definition) is 4. The fourth-order valence-electron chi connectivity index (χ4n) is 1.77. The summed E-state index contributed by atoms with van der Waals surface area (Å²) in [7, 11) is 1.64. The fraction of sp³-hybridized carbons (Fsp3) is 0.625. The van der Waals surface area contributed by atoms with E-state index in [4.69, 9.17) is 9.47 Å². The molecule has 0 aliphatic rings. The van der Waals surface area contributed by atoms with Gasteiger partial charge in [-0.1, -0.05) is 19.9 Å². The molecule has 0 amide bonds. The lowest BCUT2D eigenvalue weighted by molar-refractivity contribution is 0.123. The first-order valence-corrected chi connectivity index (χ1v) is 7.16. The molecule has 0 radical (unpaired) electrons. The maximum Gasteiger partial charge on any atom is 0.161 e. The maximum atomic E-state index is 9.74. The molecule has 4 heteroatoms. The van der Waals surface area contributed by atoms with Gasteiger partial charge in [-0.2, -0.15) is 0 Å². The van der Waals surface area contributed by atoms with Crippen LogP contribution in [0.1, 0.15) is 33.3 Å². The Morgan fingerprint density at radius 1 is 1.15 bits per heavy atom. The summed E-state index contributed by atoms with van der Waals surface area (Å²) in [5.74, 6) is 1.76. The second-order valence-electron chi connectivity index (χ2n) is 5.59. The summed E-state index contributed by atoms with van der Waals surface area (Å²) >= 11 is 0. The average molecular weight is 281 g/mol. The third kappa shape index (κ3) is 5.39. The number of methoxy groups -OCH3 is 1. The second kappa shape index (κ2) is 8.12. The van der Waals surface area contributed by atoms with Gasteiger partial charge < -0.3 is 19.9 Å². The van der Waals surface area contributed by atoms with Crippen LogP contribution >= 0.6 is 0 Å². The van der Waals surface area contributed by atoms with Gasteiger partial charge in [-0.25, -0.2) is 0 Å². The van der Waals surface area contributed by atoms with Gasteiger partial charge in [0, 0.05) is 13.1 Å². The zero-order chi connectivity index (χ0) is 15.1. The summed E-state index contributed by atoms with van der Waals surface area (Å²) in [5, 5.41) is 13.0. The summed E-state index contributed by atoms with van der Waals surface area (Å²) in [6, 6.07) is 5.90. The number of rotatable bonds is 8. The minimum Gasteiger partial charge on any atom is -0.493 e. The SMILES string of the molecule is COc1cc(CNCC(O)C(C)C)ccc1OC(C)C. The van der Waals surface area contributed by atoms with Crippen LogP contribution in [0.2, 0.25) is 0 Å². The number of aliphatic hydroxyl groups excluding tert-OH is 1. The lowest BCUT2D eigenvalue weighted by Crippen LogP contribution is -2.30. The first-order chi connectivity index (χ1) is 9.43. The molecule has 0 spiro atoms. The molecule has 20 heavy (non-hydrogen) atoms. The van der Waals surface area contributed by atoms with E-state index in [1.54, 1.807) is 7.11 Å². The van der Waals surface area contributed by atoms with E-state index >= 15 is 0 Å². The van der Waals surface area contributed by atoms with Crippen LogP contribution in [0.4, 0.5) is 0 Å². The van der Waals surface area contributed by atoms with Crippen molar-refractivity contribution in [1.82, 2.24) is 5.32 Å². The number of benzene rings is 1. The molecular weight excluding hydrogens is 254 g/mol. The Labute approximate surface area is 122 Å². The molecule has 1 aromatic rings. The summed E-state index contributed by atoms with van der Waals surface area (Å²) in [5.41, 5.74) is 1.11. The van der Waals surface area contributed by atoms with Gasteiger partial charge in [0.25, 0.3) is 0 Å². The topological polar surface area (TPSA) is 50.7 Å². The first kappa shape index (κ1) is 16.8. The standard InChI is InChI=1S/C16H27NO3/c1-11(2)14(18)10-17-9-13-6-7-15(20-12(3)4)16(8-13)19-5/h6-8,11-12,14,17-18H,9-10H2,1-5H3. The number of hydrogen-bond donors (Lipinski definition) is 2. The summed E-state index contributed by atoms with van der Waals surface area (Å²) in [6.45, 7) is 9.28. The van der Waals surface area contributed by atoms with Crippen LogP contribution in [0, 0.1) is 5.92 Å². The van der Waals surface area contributed by atoms with E-state index in [-0.39, 0.29) is 18.1 Å². The molecule has 0 aromatic heterocycles. The Hall–Kier alpha value is -1.26. The Morgan fingerprint density at radius 2 is 1.85 bits per heavy atom. The summed E-state index contributed by atoms with van der Waals surface area (Å²) in [6.07, 6.45) is -0.200. The van der Waals surface area contributed by atoms with E-state index in [1.165, 1.54) is 0 Å². The highest BCUT2D eigenvalue weighted by Gasteiger charge is 2.10. The highest BCUT2D eigenvalue weighted by molar-refractivity contribution is 5.43. The minimum atomic E-state index is -0.319. The third-order valence-corrected chi connectivity index (χ3v) is 3.04. The van der Waals surface area contributed by atoms with Crippen molar-refractivity contribution in [2.45, 2.75) is 46.4 Å². The van der Waals surface area contributed by atoms with Crippen molar-refractivity contribution in [2.75, 3.05) is 13.7 Å². The largest absolute Gasteiger partial charge is 0.493 e. The van der Waals surface area contributed by atoms with Gasteiger partial charge in [0.15, 0.2) is 11.5 Å². The van der Waals surface area contributed by atoms with E-state index < -0.39 is 0 Å². The van der Waals surface area contributed by atoms with Crippen LogP contribution in [0.25, 0.3) is 0 Å². The third-order valence-electron chi connectivity index (χ3n) is 3.04. The van der Waals surface area contributed by atoms with Gasteiger partial charge >= 0.3 is 0 Å². The summed E-state index contributed by atoms with van der Waals surface area (Å²) < 4.78 is 11.0. The Morgan fingerprint density at radius 3 is 2.40 bits per heavy atom. The zero-order valence-electron chi connectivity index (χ0n) is 13.1. The van der Waals surface area contributed by atoms with Crippen LogP contribution in [-0.4, -0.2) is 31.0 Å². The fourth-order valence-corrected chi connectivity index (χ4v) is 1.77. The predicted molar refractivity (Wildman–Crippen MR) is 81.3 cm³/mol. The van der Waals surface area contributed by atoms with Gasteiger partial charge in [-0.3, -0.25) is 0 Å². The van der Waals surface area contributed by atoms with Crippen molar-refractivity contribution in [2.24, 2.45) is 5.92 Å². The van der Waals surface area contributed by atoms with Crippen molar-refractivity contribution in [1.29, 1.82) is 0 Å². The Kier molecular flexibility index (Phi) is 6.82. The molecule has 0 fully saturated rings. The van der Waals surface area contributed by atoms with Crippen molar-refractivity contribution in [3.8, 4) is 11.5 Å². The highest BCUT2D eigenvalue weighted by Crippen LogP contribution is 2.28. The number of ether oxygens (including phenoxy) is 2. The van der Waals surface area contributed by atoms with Gasteiger partial charge in [-0.05, 0) is 37.5 Å². The molecule has 4 nitrogen and oxygen atoms in total. The first-order valence-electron chi connectivity index (χ1n) is 7.16. The molecule has 0 aliphatic heterocycles. The van der Waals surface area contributed by atoms with Crippen LogP contribution < -0.4 is 14.8 Å². The molecule has 1 aromatic carbocycles. The molecule has 0 saturated carbocycles. The molecule has 114 valence electrons. The summed E-state index contributed by atoms with van der Waals surface area (Å²) in [4.78, 5) is 0. The smallest absolute Gasteiger partial charge is 0.161 e. The Bertz CT molecular complexity index is 405. The van der Waals surface area contributed by atoms with Gasteiger partial charge in [0.05, 0.1) is 19.3 Å². The number of nitrogens with one attached hydrogen (secondary N) is 1. The van der Waals surface area contributed by atoms with E-state index in [2.05, 4.69) is 5.32 Å². The minimum absolute atomic E-state index is 0.120. The van der Waals surface area contributed by atoms with E-state index in [9.17, 15) is 5.11 Å². The van der Waals surface area contributed by atoms with Crippen LogP contribution in [0.5, 0.6) is 11.5 Å². The molecule has 1 atom stereocenters. The van der Waals surface area contributed by atoms with Crippen molar-refractivity contribution >= 4 is 0 Å². The number of aliphatic hydroxyl groups is 1. The molecule has 1 rings (SSSR count). The quantitative estimate of drug-likeness (QED) is 0.769. The molecule has 0 aliphatic carbocycles. The van der Waals surface area contributed by atoms with Gasteiger partial charge in [-0.15, -0.1) is 0 Å². The lowest BCUT2D eigenvalue weighted by atomic mass is 10.1. The molecule has 0 heterocycles. The maximum absolute atomic E-state index is 9.74. The lowest BCUT2D eigenvalue weighted by Gasteiger charge is -2.16. The van der Waals surface area contributed by atoms with Crippen molar-refractivity contribution in [3.63, 3.8) is 0 Å². The predicted octanol–water partition coefficient (Wildman–Crippen LogP) is 2.59. The van der Waals surface area contributed by atoms with E-state index in [1.807, 2.05) is 45.9 Å². The van der Waals surface area contributed by atoms with E-state index in [0.29, 0.717) is 13.1 Å². The molecule has 1 unspecified atom stereocenters.